The van der Waals surface area contributed by atoms with Gasteiger partial charge < -0.3 is 5.32 Å². The average Bonchev–Trinajstić information content (AvgIpc) is 3.00. The number of thiophene rings is 1. The summed E-state index contributed by atoms with van der Waals surface area (Å²) in [4.78, 5) is 42.2. The lowest BCUT2D eigenvalue weighted by Crippen LogP contribution is -2.27. The number of rotatable bonds is 5. The Morgan fingerprint density at radius 3 is 2.79 bits per heavy atom. The molecule has 0 spiro atoms. The van der Waals surface area contributed by atoms with Crippen molar-refractivity contribution in [2.75, 3.05) is 0 Å². The number of fused-ring (bicyclic) bond motifs is 1. The molecule has 1 aromatic heterocycles. The maximum absolute atomic E-state index is 13.3. The number of allylic oxidation sites excluding steroid dienone is 5. The molecule has 0 saturated carbocycles. The number of carbonyl (C=O) groups is 1. The summed E-state index contributed by atoms with van der Waals surface area (Å²) in [6, 6.07) is 4.96. The SMILES string of the molecule is O=C(N/C=C/C1C=CC(F)=C(F)C1)C(c1csc2ccc(Cl)cc12)[P+](O)(O)O. The van der Waals surface area contributed by atoms with Gasteiger partial charge in [0.2, 0.25) is 0 Å². The molecule has 0 aliphatic heterocycles. The highest BCUT2D eigenvalue weighted by atomic mass is 35.5. The molecule has 2 unspecified atom stereocenters. The van der Waals surface area contributed by atoms with Crippen molar-refractivity contribution < 1.29 is 28.3 Å². The average molecular weight is 447 g/mol. The second kappa shape index (κ2) is 8.37. The van der Waals surface area contributed by atoms with Gasteiger partial charge in [-0.15, -0.1) is 11.3 Å². The van der Waals surface area contributed by atoms with E-state index in [9.17, 15) is 28.3 Å². The van der Waals surface area contributed by atoms with Crippen LogP contribution in [0, 0.1) is 5.92 Å². The maximum Gasteiger partial charge on any atom is 0.421 e. The molecule has 3 rings (SSSR count). The van der Waals surface area contributed by atoms with Crippen molar-refractivity contribution in [2.24, 2.45) is 5.92 Å². The van der Waals surface area contributed by atoms with Gasteiger partial charge in [0.05, 0.1) is 0 Å². The first-order valence-electron chi connectivity index (χ1n) is 8.10. The predicted octanol–water partition coefficient (Wildman–Crippen LogP) is 4.69. The van der Waals surface area contributed by atoms with Gasteiger partial charge in [0, 0.05) is 39.2 Å². The van der Waals surface area contributed by atoms with E-state index in [-0.39, 0.29) is 12.0 Å². The van der Waals surface area contributed by atoms with E-state index >= 15 is 0 Å². The van der Waals surface area contributed by atoms with Crippen LogP contribution in [0.5, 0.6) is 0 Å². The Morgan fingerprint density at radius 2 is 2.11 bits per heavy atom. The second-order valence-electron chi connectivity index (χ2n) is 6.20. The molecule has 1 aliphatic carbocycles. The Kier molecular flexibility index (Phi) is 6.29. The van der Waals surface area contributed by atoms with Crippen LogP contribution >= 0.6 is 30.9 Å². The quantitative estimate of drug-likeness (QED) is 0.501. The molecule has 4 N–H and O–H groups in total. The Morgan fingerprint density at radius 1 is 1.36 bits per heavy atom. The first-order valence-corrected chi connectivity index (χ1v) is 11.1. The number of carbonyl (C=O) groups excluding carboxylic acids is 1. The molecule has 1 heterocycles. The van der Waals surface area contributed by atoms with E-state index in [1.807, 2.05) is 0 Å². The fourth-order valence-electron chi connectivity index (χ4n) is 2.85. The third kappa shape index (κ3) is 4.66. The summed E-state index contributed by atoms with van der Waals surface area (Å²) in [5.41, 5.74) is -1.37. The van der Waals surface area contributed by atoms with Crippen molar-refractivity contribution in [1.82, 2.24) is 5.32 Å². The maximum atomic E-state index is 13.3. The highest BCUT2D eigenvalue weighted by Gasteiger charge is 2.50. The van der Waals surface area contributed by atoms with Crippen LogP contribution in [0.1, 0.15) is 17.6 Å². The van der Waals surface area contributed by atoms with Crippen LogP contribution in [0.2, 0.25) is 5.02 Å². The zero-order valence-electron chi connectivity index (χ0n) is 14.2. The molecule has 0 saturated heterocycles. The first kappa shape index (κ1) is 21.0. The monoisotopic (exact) mass is 446 g/mol. The molecule has 2 atom stereocenters. The number of halogens is 3. The molecule has 0 radical (unpaired) electrons. The number of hydrogen-bond donors (Lipinski definition) is 4. The van der Waals surface area contributed by atoms with E-state index in [0.29, 0.717) is 10.4 Å². The third-order valence-corrected chi connectivity index (χ3v) is 6.61. The molecule has 1 aromatic carbocycles. The fraction of sp³-hybridized carbons (Fsp3) is 0.167. The van der Waals surface area contributed by atoms with Gasteiger partial charge in [-0.1, -0.05) is 23.8 Å². The van der Waals surface area contributed by atoms with E-state index in [1.165, 1.54) is 29.7 Å². The van der Waals surface area contributed by atoms with Crippen molar-refractivity contribution in [2.45, 2.75) is 12.1 Å². The number of hydrogen-bond acceptors (Lipinski definition) is 5. The van der Waals surface area contributed by atoms with Gasteiger partial charge in [-0.25, -0.2) is 8.78 Å². The van der Waals surface area contributed by atoms with Crippen LogP contribution in [0.3, 0.4) is 0 Å². The second-order valence-corrected chi connectivity index (χ2v) is 9.29. The van der Waals surface area contributed by atoms with Crippen molar-refractivity contribution in [3.8, 4) is 0 Å². The lowest BCUT2D eigenvalue weighted by Gasteiger charge is -2.16. The molecule has 2 aromatic rings. The van der Waals surface area contributed by atoms with Crippen molar-refractivity contribution in [1.29, 1.82) is 0 Å². The fourth-order valence-corrected chi connectivity index (χ4v) is 5.07. The first-order chi connectivity index (χ1) is 13.2. The van der Waals surface area contributed by atoms with Gasteiger partial charge in [0.25, 0.3) is 11.6 Å². The zero-order chi connectivity index (χ0) is 20.5. The Bertz CT molecular complexity index is 999. The Balaban J connectivity index is 1.81. The smallest absolute Gasteiger partial charge is 0.329 e. The van der Waals surface area contributed by atoms with E-state index in [1.54, 1.807) is 23.6 Å². The summed E-state index contributed by atoms with van der Waals surface area (Å²) < 4.78 is 27.0. The molecule has 148 valence electrons. The van der Waals surface area contributed by atoms with Gasteiger partial charge in [-0.3, -0.25) is 4.79 Å². The van der Waals surface area contributed by atoms with Crippen LogP contribution < -0.4 is 5.32 Å². The van der Waals surface area contributed by atoms with Crippen LogP contribution in [0.25, 0.3) is 10.1 Å². The summed E-state index contributed by atoms with van der Waals surface area (Å²) in [5, 5.41) is 4.85. The minimum atomic E-state index is -4.59. The topological polar surface area (TPSA) is 89.8 Å². The molecular weight excluding hydrogens is 431 g/mol. The van der Waals surface area contributed by atoms with Crippen LogP contribution in [0.4, 0.5) is 8.78 Å². The summed E-state index contributed by atoms with van der Waals surface area (Å²) in [6.07, 6.45) is 4.91. The molecule has 0 fully saturated rings. The summed E-state index contributed by atoms with van der Waals surface area (Å²) in [5.74, 6) is -3.11. The largest absolute Gasteiger partial charge is 0.421 e. The van der Waals surface area contributed by atoms with Crippen LogP contribution in [-0.4, -0.2) is 20.6 Å². The third-order valence-electron chi connectivity index (χ3n) is 4.19. The van der Waals surface area contributed by atoms with Crippen molar-refractivity contribution >= 4 is 46.9 Å². The lowest BCUT2D eigenvalue weighted by atomic mass is 9.99. The van der Waals surface area contributed by atoms with Crippen LogP contribution in [0.15, 0.2) is 59.7 Å². The van der Waals surface area contributed by atoms with Crippen molar-refractivity contribution in [3.05, 3.63) is 70.2 Å². The Hall–Kier alpha value is -1.67. The highest BCUT2D eigenvalue weighted by molar-refractivity contribution is 7.60. The van der Waals surface area contributed by atoms with Gasteiger partial charge in [-0.05, 0) is 29.7 Å². The molecule has 28 heavy (non-hydrogen) atoms. The number of nitrogens with one attached hydrogen (secondary N) is 1. The van der Waals surface area contributed by atoms with Gasteiger partial charge in [0.1, 0.15) is 5.83 Å². The minimum Gasteiger partial charge on any atom is -0.329 e. The summed E-state index contributed by atoms with van der Waals surface area (Å²) in [7, 11) is -4.59. The number of amides is 1. The normalized spacial score (nSPS) is 18.9. The minimum absolute atomic E-state index is 0.178. The van der Waals surface area contributed by atoms with Gasteiger partial charge in [-0.2, -0.15) is 14.7 Å². The van der Waals surface area contributed by atoms with Gasteiger partial charge >= 0.3 is 7.94 Å². The van der Waals surface area contributed by atoms with E-state index in [4.69, 9.17) is 11.6 Å². The molecule has 5 nitrogen and oxygen atoms in total. The van der Waals surface area contributed by atoms with Gasteiger partial charge in [0.15, 0.2) is 5.83 Å². The standard InChI is InChI=1S/C18H15ClF2NO4PS/c19-11-2-4-16-12(8-11)13(9-28-16)17(27(24,25)26)18(23)22-6-5-10-1-3-14(20)15(21)7-10/h1-6,8-10,17,24-26H,7H2/p+1/b6-5+. The zero-order valence-corrected chi connectivity index (χ0v) is 16.7. The lowest BCUT2D eigenvalue weighted by molar-refractivity contribution is -0.120. The molecule has 1 amide bonds. The van der Waals surface area contributed by atoms with E-state index < -0.39 is 37.1 Å². The predicted molar refractivity (Wildman–Crippen MR) is 107 cm³/mol. The highest BCUT2D eigenvalue weighted by Crippen LogP contribution is 2.60. The number of benzene rings is 1. The van der Waals surface area contributed by atoms with Crippen LogP contribution in [-0.2, 0) is 4.79 Å². The molecular formula is C18H16ClF2NO4PS+. The molecule has 1 aliphatic rings. The Labute approximate surface area is 168 Å². The molecule has 0 bridgehead atoms. The van der Waals surface area contributed by atoms with E-state index in [2.05, 4.69) is 5.32 Å². The molecule has 10 heteroatoms. The summed E-state index contributed by atoms with van der Waals surface area (Å²) >= 11 is 7.25. The van der Waals surface area contributed by atoms with Crippen molar-refractivity contribution in [3.63, 3.8) is 0 Å². The summed E-state index contributed by atoms with van der Waals surface area (Å²) in [6.45, 7) is 0. The van der Waals surface area contributed by atoms with E-state index in [0.717, 1.165) is 10.8 Å².